The molecule has 0 bridgehead atoms. The molecule has 1 rings (SSSR count). The lowest BCUT2D eigenvalue weighted by atomic mass is 9.93. The van der Waals surface area contributed by atoms with Gasteiger partial charge in [0, 0.05) is 5.57 Å². The van der Waals surface area contributed by atoms with Crippen molar-refractivity contribution in [2.45, 2.75) is 51.9 Å². The van der Waals surface area contributed by atoms with Crippen molar-refractivity contribution in [1.82, 2.24) is 0 Å². The molecule has 0 atom stereocenters. The van der Waals surface area contributed by atoms with E-state index in [-0.39, 0.29) is 0 Å². The minimum atomic E-state index is 1.05. The van der Waals surface area contributed by atoms with Crippen LogP contribution >= 0.6 is 0 Å². The lowest BCUT2D eigenvalue weighted by Gasteiger charge is -2.12. The minimum Gasteiger partial charge on any atom is -0.115 e. The van der Waals surface area contributed by atoms with Crippen molar-refractivity contribution in [1.29, 1.82) is 0 Å². The molecule has 1 aliphatic rings. The molecule has 0 nitrogen and oxygen atoms in total. The fraction of sp³-hybridized carbons (Fsp3) is 0.500. The smallest absolute Gasteiger partial charge is 0.00207 e. The van der Waals surface area contributed by atoms with Crippen LogP contribution in [0.2, 0.25) is 0 Å². The van der Waals surface area contributed by atoms with E-state index in [1.165, 1.54) is 30.4 Å². The van der Waals surface area contributed by atoms with Crippen molar-refractivity contribution in [3.63, 3.8) is 0 Å². The summed E-state index contributed by atoms with van der Waals surface area (Å²) in [5.41, 5.74) is 4.06. The molecule has 16 heavy (non-hydrogen) atoms. The van der Waals surface area contributed by atoms with Gasteiger partial charge in [0.15, 0.2) is 0 Å². The molecule has 0 aromatic heterocycles. The van der Waals surface area contributed by atoms with Crippen LogP contribution in [0.15, 0.2) is 35.5 Å². The van der Waals surface area contributed by atoms with E-state index in [9.17, 15) is 0 Å². The molecule has 0 aromatic rings. The Morgan fingerprint density at radius 1 is 1.38 bits per heavy atom. The third-order valence-electron chi connectivity index (χ3n) is 3.10. The number of unbranched alkanes of at least 4 members (excludes halogenated alkanes) is 1. The van der Waals surface area contributed by atoms with Crippen LogP contribution in [0, 0.1) is 12.3 Å². The van der Waals surface area contributed by atoms with E-state index in [4.69, 9.17) is 6.42 Å². The van der Waals surface area contributed by atoms with E-state index in [0.29, 0.717) is 0 Å². The third kappa shape index (κ3) is 4.53. The highest BCUT2D eigenvalue weighted by Crippen LogP contribution is 2.23. The molecule has 0 aliphatic heterocycles. The molecule has 86 valence electrons. The zero-order chi connectivity index (χ0) is 11.8. The van der Waals surface area contributed by atoms with Gasteiger partial charge in [-0.05, 0) is 38.5 Å². The summed E-state index contributed by atoms with van der Waals surface area (Å²) in [4.78, 5) is 0. The molecule has 0 radical (unpaired) electrons. The van der Waals surface area contributed by atoms with Crippen molar-refractivity contribution in [2.24, 2.45) is 0 Å². The molecule has 0 fully saturated rings. The van der Waals surface area contributed by atoms with Gasteiger partial charge in [-0.25, -0.2) is 0 Å². The van der Waals surface area contributed by atoms with Crippen molar-refractivity contribution in [2.75, 3.05) is 0 Å². The van der Waals surface area contributed by atoms with Crippen LogP contribution in [0.1, 0.15) is 51.9 Å². The summed E-state index contributed by atoms with van der Waals surface area (Å²) in [6, 6.07) is 0. The maximum Gasteiger partial charge on any atom is 0.00207 e. The largest absolute Gasteiger partial charge is 0.115 e. The highest BCUT2D eigenvalue weighted by Gasteiger charge is 2.05. The van der Waals surface area contributed by atoms with Gasteiger partial charge in [-0.2, -0.15) is 0 Å². The summed E-state index contributed by atoms with van der Waals surface area (Å²) >= 11 is 0. The van der Waals surface area contributed by atoms with Crippen molar-refractivity contribution >= 4 is 0 Å². The summed E-state index contributed by atoms with van der Waals surface area (Å²) in [5.74, 6) is 2.72. The number of hydrogen-bond donors (Lipinski definition) is 0. The Bertz CT molecular complexity index is 334. The second-order valence-corrected chi connectivity index (χ2v) is 4.51. The van der Waals surface area contributed by atoms with E-state index in [2.05, 4.69) is 31.6 Å². The molecule has 0 aromatic carbocycles. The Labute approximate surface area is 100 Å². The zero-order valence-corrected chi connectivity index (χ0v) is 10.4. The Morgan fingerprint density at radius 3 is 2.75 bits per heavy atom. The number of hydrogen-bond acceptors (Lipinski definition) is 0. The van der Waals surface area contributed by atoms with E-state index in [1.807, 2.05) is 0 Å². The highest BCUT2D eigenvalue weighted by molar-refractivity contribution is 5.34. The fourth-order valence-electron chi connectivity index (χ4n) is 1.90. The normalized spacial score (nSPS) is 15.0. The lowest BCUT2D eigenvalue weighted by molar-refractivity contribution is 0.738. The van der Waals surface area contributed by atoms with Crippen molar-refractivity contribution in [3.05, 3.63) is 35.5 Å². The predicted octanol–water partition coefficient (Wildman–Crippen LogP) is 4.79. The molecule has 0 saturated heterocycles. The third-order valence-corrected chi connectivity index (χ3v) is 3.10. The van der Waals surface area contributed by atoms with Crippen LogP contribution in [-0.4, -0.2) is 0 Å². The van der Waals surface area contributed by atoms with E-state index in [1.54, 1.807) is 0 Å². The maximum absolute atomic E-state index is 5.36. The number of allylic oxidation sites excluding steroid dienone is 5. The molecule has 1 aliphatic carbocycles. The Morgan fingerprint density at radius 2 is 2.19 bits per heavy atom. The molecule has 0 amide bonds. The van der Waals surface area contributed by atoms with E-state index < -0.39 is 0 Å². The van der Waals surface area contributed by atoms with Crippen LogP contribution in [0.25, 0.3) is 0 Å². The summed E-state index contributed by atoms with van der Waals surface area (Å²) < 4.78 is 0. The minimum absolute atomic E-state index is 1.05. The average Bonchev–Trinajstić information content (AvgIpc) is 2.34. The van der Waals surface area contributed by atoms with E-state index >= 15 is 0 Å². The van der Waals surface area contributed by atoms with Crippen LogP contribution in [0.4, 0.5) is 0 Å². The molecule has 0 unspecified atom stereocenters. The molecule has 0 spiro atoms. The molecule has 0 N–H and O–H groups in total. The van der Waals surface area contributed by atoms with Crippen LogP contribution in [-0.2, 0) is 0 Å². The van der Waals surface area contributed by atoms with Crippen LogP contribution in [0.3, 0.4) is 0 Å². The van der Waals surface area contributed by atoms with Crippen molar-refractivity contribution < 1.29 is 0 Å². The van der Waals surface area contributed by atoms with Crippen molar-refractivity contribution in [3.8, 4) is 12.3 Å². The van der Waals surface area contributed by atoms with Gasteiger partial charge in [-0.3, -0.25) is 0 Å². The second-order valence-electron chi connectivity index (χ2n) is 4.51. The van der Waals surface area contributed by atoms with Gasteiger partial charge in [0.2, 0.25) is 0 Å². The predicted molar refractivity (Wildman–Crippen MR) is 72.1 cm³/mol. The Kier molecular flexibility index (Phi) is 5.72. The highest BCUT2D eigenvalue weighted by atomic mass is 14.1. The first-order chi connectivity index (χ1) is 7.76. The van der Waals surface area contributed by atoms with Gasteiger partial charge < -0.3 is 0 Å². The zero-order valence-electron chi connectivity index (χ0n) is 10.4. The van der Waals surface area contributed by atoms with Gasteiger partial charge in [-0.1, -0.05) is 49.1 Å². The molecule has 0 heteroatoms. The number of rotatable bonds is 6. The first kappa shape index (κ1) is 12.8. The van der Waals surface area contributed by atoms with Gasteiger partial charge in [0.1, 0.15) is 0 Å². The SMILES string of the molecule is C#CC1=CC=C(CCC(=C)CCCC)CC1. The van der Waals surface area contributed by atoms with E-state index in [0.717, 1.165) is 31.3 Å². The summed E-state index contributed by atoms with van der Waals surface area (Å²) in [5, 5.41) is 0. The van der Waals surface area contributed by atoms with Crippen LogP contribution < -0.4 is 0 Å². The Hall–Kier alpha value is -1.22. The standard InChI is InChI=1S/C16H22/c1-4-6-7-14(3)8-9-16-12-10-15(5-2)11-13-16/h2,10,12H,3-4,6-9,11,13H2,1H3. The van der Waals surface area contributed by atoms with Gasteiger partial charge >= 0.3 is 0 Å². The molecule has 0 saturated carbocycles. The van der Waals surface area contributed by atoms with Gasteiger partial charge in [0.25, 0.3) is 0 Å². The summed E-state index contributed by atoms with van der Waals surface area (Å²) in [6.45, 7) is 6.36. The molecular formula is C16H22. The van der Waals surface area contributed by atoms with Gasteiger partial charge in [0.05, 0.1) is 0 Å². The lowest BCUT2D eigenvalue weighted by Crippen LogP contribution is -1.93. The average molecular weight is 214 g/mol. The fourth-order valence-corrected chi connectivity index (χ4v) is 1.90. The molecule has 0 heterocycles. The quantitative estimate of drug-likeness (QED) is 0.440. The summed E-state index contributed by atoms with van der Waals surface area (Å²) in [6.07, 6.45) is 17.9. The van der Waals surface area contributed by atoms with Crippen LogP contribution in [0.5, 0.6) is 0 Å². The number of terminal acetylenes is 1. The first-order valence-corrected chi connectivity index (χ1v) is 6.28. The topological polar surface area (TPSA) is 0 Å². The maximum atomic E-state index is 5.36. The first-order valence-electron chi connectivity index (χ1n) is 6.28. The molecular weight excluding hydrogens is 192 g/mol. The van der Waals surface area contributed by atoms with Gasteiger partial charge in [-0.15, -0.1) is 6.42 Å². The Balaban J connectivity index is 2.29. The monoisotopic (exact) mass is 214 g/mol. The second kappa shape index (κ2) is 7.12. The summed E-state index contributed by atoms with van der Waals surface area (Å²) in [7, 11) is 0.